The number of pyridine rings is 1. The molecule has 0 aromatic carbocycles. The number of amides is 2. The predicted octanol–water partition coefficient (Wildman–Crippen LogP) is 1.70. The summed E-state index contributed by atoms with van der Waals surface area (Å²) < 4.78 is 1.39. The van der Waals surface area contributed by atoms with Crippen molar-refractivity contribution in [1.29, 1.82) is 5.26 Å². The third-order valence-corrected chi connectivity index (χ3v) is 5.54. The lowest BCUT2D eigenvalue weighted by Crippen LogP contribution is -2.36. The Kier molecular flexibility index (Phi) is 4.07. The van der Waals surface area contributed by atoms with E-state index in [2.05, 4.69) is 21.5 Å². The lowest BCUT2D eigenvalue weighted by atomic mass is 9.81. The average Bonchev–Trinajstić information content (AvgIpc) is 3.38. The van der Waals surface area contributed by atoms with Crippen LogP contribution < -0.4 is 16.0 Å². The molecule has 9 heteroatoms. The molecule has 2 amide bonds. The Hall–Kier alpha value is -3.41. The SMILES string of the molecule is C[C@@H]1C[C@@](C#N)(C2CC2)C(=O)N1c1ccnc(Nc2cc(C(N)=O)n(C)n2)c1. The Bertz CT molecular complexity index is 1000. The summed E-state index contributed by atoms with van der Waals surface area (Å²) in [5, 5.41) is 17.0. The zero-order valence-electron chi connectivity index (χ0n) is 15.7. The zero-order chi connectivity index (χ0) is 20.1. The third kappa shape index (κ3) is 2.78. The number of primary amides is 1. The molecule has 2 aliphatic rings. The van der Waals surface area contributed by atoms with E-state index >= 15 is 0 Å². The fourth-order valence-electron chi connectivity index (χ4n) is 4.06. The summed E-state index contributed by atoms with van der Waals surface area (Å²) >= 11 is 0. The molecule has 9 nitrogen and oxygen atoms in total. The van der Waals surface area contributed by atoms with Crippen LogP contribution in [0.2, 0.25) is 0 Å². The summed E-state index contributed by atoms with van der Waals surface area (Å²) in [5.41, 5.74) is 5.35. The molecular formula is C19H21N7O2. The predicted molar refractivity (Wildman–Crippen MR) is 102 cm³/mol. The standard InChI is InChI=1S/C19H21N7O2/c1-11-9-19(10-20,12-3-4-12)18(28)26(11)13-5-6-22-15(7-13)23-16-8-14(17(21)27)25(2)24-16/h5-8,11-12H,3-4,9H2,1-2H3,(H2,21,27)(H,22,23,24)/t11-,19-/m1/s1. The first-order valence-corrected chi connectivity index (χ1v) is 9.17. The number of hydrogen-bond donors (Lipinski definition) is 2. The van der Waals surface area contributed by atoms with E-state index in [0.29, 0.717) is 23.7 Å². The van der Waals surface area contributed by atoms with Gasteiger partial charge in [0.05, 0.1) is 6.07 Å². The Morgan fingerprint density at radius 3 is 2.75 bits per heavy atom. The van der Waals surface area contributed by atoms with Gasteiger partial charge in [0.15, 0.2) is 5.82 Å². The molecule has 1 aliphatic heterocycles. The van der Waals surface area contributed by atoms with Gasteiger partial charge in [-0.2, -0.15) is 10.4 Å². The number of nitrogens with two attached hydrogens (primary N) is 1. The number of rotatable bonds is 5. The van der Waals surface area contributed by atoms with Crippen LogP contribution in [0.1, 0.15) is 36.7 Å². The second-order valence-electron chi connectivity index (χ2n) is 7.51. The molecule has 2 aromatic heterocycles. The van der Waals surface area contributed by atoms with Gasteiger partial charge in [-0.25, -0.2) is 4.98 Å². The van der Waals surface area contributed by atoms with E-state index in [1.165, 1.54) is 10.7 Å². The molecule has 1 aliphatic carbocycles. The first-order valence-electron chi connectivity index (χ1n) is 9.17. The van der Waals surface area contributed by atoms with E-state index in [-0.39, 0.29) is 23.6 Å². The first-order chi connectivity index (χ1) is 13.4. The first kappa shape index (κ1) is 18.0. The van der Waals surface area contributed by atoms with Crippen molar-refractivity contribution in [2.24, 2.45) is 24.1 Å². The van der Waals surface area contributed by atoms with Crippen LogP contribution in [0, 0.1) is 22.7 Å². The normalized spacial score (nSPS) is 24.2. The maximum absolute atomic E-state index is 13.1. The molecule has 0 bridgehead atoms. The number of nitriles is 1. The molecule has 0 radical (unpaired) electrons. The number of aromatic nitrogens is 3. The van der Waals surface area contributed by atoms with Crippen molar-refractivity contribution in [3.8, 4) is 6.07 Å². The minimum atomic E-state index is -0.909. The van der Waals surface area contributed by atoms with Gasteiger partial charge < -0.3 is 16.0 Å². The fourth-order valence-corrected chi connectivity index (χ4v) is 4.06. The van der Waals surface area contributed by atoms with Crippen molar-refractivity contribution in [3.63, 3.8) is 0 Å². The molecule has 4 rings (SSSR count). The van der Waals surface area contributed by atoms with Gasteiger partial charge in [0, 0.05) is 37.1 Å². The van der Waals surface area contributed by atoms with Gasteiger partial charge in [-0.15, -0.1) is 0 Å². The van der Waals surface area contributed by atoms with Crippen LogP contribution in [-0.2, 0) is 11.8 Å². The minimum Gasteiger partial charge on any atom is -0.364 e. The summed E-state index contributed by atoms with van der Waals surface area (Å²) in [4.78, 5) is 30.5. The maximum Gasteiger partial charge on any atom is 0.267 e. The molecule has 2 aromatic rings. The van der Waals surface area contributed by atoms with Gasteiger partial charge in [0.1, 0.15) is 16.9 Å². The van der Waals surface area contributed by atoms with Crippen LogP contribution in [0.5, 0.6) is 0 Å². The highest BCUT2D eigenvalue weighted by atomic mass is 16.2. The summed E-state index contributed by atoms with van der Waals surface area (Å²) in [7, 11) is 1.62. The van der Waals surface area contributed by atoms with E-state index in [1.807, 2.05) is 6.92 Å². The number of carbonyl (C=O) groups is 2. The molecule has 28 heavy (non-hydrogen) atoms. The Labute approximate surface area is 162 Å². The number of hydrogen-bond acceptors (Lipinski definition) is 6. The second-order valence-corrected chi connectivity index (χ2v) is 7.51. The van der Waals surface area contributed by atoms with E-state index in [1.54, 1.807) is 30.3 Å². The zero-order valence-corrected chi connectivity index (χ0v) is 15.7. The van der Waals surface area contributed by atoms with Crippen molar-refractivity contribution in [3.05, 3.63) is 30.1 Å². The topological polar surface area (TPSA) is 130 Å². The quantitative estimate of drug-likeness (QED) is 0.813. The van der Waals surface area contributed by atoms with Crippen molar-refractivity contribution in [1.82, 2.24) is 14.8 Å². The van der Waals surface area contributed by atoms with Crippen LogP contribution in [-0.4, -0.2) is 32.6 Å². The average molecular weight is 379 g/mol. The maximum atomic E-state index is 13.1. The van der Waals surface area contributed by atoms with Gasteiger partial charge in [-0.3, -0.25) is 14.3 Å². The van der Waals surface area contributed by atoms with E-state index in [4.69, 9.17) is 5.73 Å². The van der Waals surface area contributed by atoms with Crippen molar-refractivity contribution in [2.75, 3.05) is 10.2 Å². The van der Waals surface area contributed by atoms with Crippen molar-refractivity contribution in [2.45, 2.75) is 32.2 Å². The van der Waals surface area contributed by atoms with Crippen LogP contribution in [0.3, 0.4) is 0 Å². The Morgan fingerprint density at radius 2 is 2.14 bits per heavy atom. The molecule has 1 saturated heterocycles. The van der Waals surface area contributed by atoms with Crippen LogP contribution in [0.25, 0.3) is 0 Å². The van der Waals surface area contributed by atoms with Crippen LogP contribution >= 0.6 is 0 Å². The molecule has 2 atom stereocenters. The smallest absolute Gasteiger partial charge is 0.267 e. The number of nitrogens with one attached hydrogen (secondary N) is 1. The lowest BCUT2D eigenvalue weighted by molar-refractivity contribution is -0.123. The molecular weight excluding hydrogens is 358 g/mol. The highest BCUT2D eigenvalue weighted by molar-refractivity contribution is 6.03. The molecule has 3 N–H and O–H groups in total. The number of aryl methyl sites for hydroxylation is 1. The van der Waals surface area contributed by atoms with E-state index in [0.717, 1.165) is 12.8 Å². The molecule has 3 heterocycles. The van der Waals surface area contributed by atoms with Crippen LogP contribution in [0.4, 0.5) is 17.3 Å². The summed E-state index contributed by atoms with van der Waals surface area (Å²) in [6.45, 7) is 1.96. The van der Waals surface area contributed by atoms with Gasteiger partial charge in [0.25, 0.3) is 5.91 Å². The summed E-state index contributed by atoms with van der Waals surface area (Å²) in [6.07, 6.45) is 4.01. The van der Waals surface area contributed by atoms with Crippen LogP contribution in [0.15, 0.2) is 24.4 Å². The number of carbonyl (C=O) groups excluding carboxylic acids is 2. The highest BCUT2D eigenvalue weighted by Gasteiger charge is 2.59. The Morgan fingerprint density at radius 1 is 1.39 bits per heavy atom. The number of anilines is 3. The largest absolute Gasteiger partial charge is 0.364 e. The van der Waals surface area contributed by atoms with Gasteiger partial charge in [-0.05, 0) is 38.2 Å². The third-order valence-electron chi connectivity index (χ3n) is 5.54. The summed E-state index contributed by atoms with van der Waals surface area (Å²) in [6, 6.07) is 7.28. The van der Waals surface area contributed by atoms with Crippen molar-refractivity contribution >= 4 is 29.1 Å². The number of nitrogens with zero attached hydrogens (tertiary/aromatic N) is 5. The monoisotopic (exact) mass is 379 g/mol. The summed E-state index contributed by atoms with van der Waals surface area (Å²) in [5.74, 6) is 0.362. The van der Waals surface area contributed by atoms with E-state index in [9.17, 15) is 14.9 Å². The molecule has 0 spiro atoms. The second kappa shape index (κ2) is 6.34. The van der Waals surface area contributed by atoms with Gasteiger partial charge in [0.2, 0.25) is 5.91 Å². The minimum absolute atomic E-state index is 0.0701. The van der Waals surface area contributed by atoms with Gasteiger partial charge >= 0.3 is 0 Å². The van der Waals surface area contributed by atoms with E-state index < -0.39 is 11.3 Å². The molecule has 144 valence electrons. The Balaban J connectivity index is 1.61. The van der Waals surface area contributed by atoms with Crippen molar-refractivity contribution < 1.29 is 9.59 Å². The molecule has 1 saturated carbocycles. The lowest BCUT2D eigenvalue weighted by Gasteiger charge is -2.23. The molecule has 2 fully saturated rings. The fraction of sp³-hybridized carbons (Fsp3) is 0.421. The highest BCUT2D eigenvalue weighted by Crippen LogP contribution is 2.53. The molecule has 0 unspecified atom stereocenters. The van der Waals surface area contributed by atoms with Gasteiger partial charge in [-0.1, -0.05) is 0 Å².